The van der Waals surface area contributed by atoms with Gasteiger partial charge < -0.3 is 5.32 Å². The van der Waals surface area contributed by atoms with E-state index in [1.807, 2.05) is 37.3 Å². The fourth-order valence-corrected chi connectivity index (χ4v) is 4.99. The van der Waals surface area contributed by atoms with E-state index >= 15 is 0 Å². The van der Waals surface area contributed by atoms with Crippen molar-refractivity contribution >= 4 is 39.1 Å². The van der Waals surface area contributed by atoms with Crippen LogP contribution in [0.2, 0.25) is 10.0 Å². The molecule has 1 amide bonds. The highest BCUT2D eigenvalue weighted by molar-refractivity contribution is 7.89. The molecule has 0 aromatic heterocycles. The Hall–Kier alpha value is -2.38. The number of aryl methyl sites for hydroxylation is 1. The van der Waals surface area contributed by atoms with Gasteiger partial charge in [-0.3, -0.25) is 4.79 Å². The van der Waals surface area contributed by atoms with Crippen molar-refractivity contribution in [1.29, 1.82) is 0 Å². The number of nitrogens with zero attached hydrogens (tertiary/aromatic N) is 1. The zero-order chi connectivity index (χ0) is 23.8. The average Bonchev–Trinajstić information content (AvgIpc) is 2.79. The summed E-state index contributed by atoms with van der Waals surface area (Å²) in [5, 5.41) is 3.91. The van der Waals surface area contributed by atoms with E-state index in [9.17, 15) is 13.2 Å². The Kier molecular flexibility index (Phi) is 8.92. The minimum Gasteiger partial charge on any atom is -0.352 e. The molecule has 3 aromatic carbocycles. The maximum atomic E-state index is 13.3. The number of amides is 1. The molecule has 1 N–H and O–H groups in total. The van der Waals surface area contributed by atoms with Crippen LogP contribution in [-0.4, -0.2) is 31.2 Å². The van der Waals surface area contributed by atoms with E-state index in [0.29, 0.717) is 10.0 Å². The van der Waals surface area contributed by atoms with Crippen molar-refractivity contribution in [3.05, 3.63) is 100 Å². The van der Waals surface area contributed by atoms with Gasteiger partial charge in [-0.1, -0.05) is 65.7 Å². The Balaban J connectivity index is 1.72. The van der Waals surface area contributed by atoms with Crippen LogP contribution in [0.15, 0.2) is 83.8 Å². The molecule has 0 radical (unpaired) electrons. The molecule has 0 unspecified atom stereocenters. The fourth-order valence-electron chi connectivity index (χ4n) is 3.36. The molecule has 0 spiro atoms. The summed E-state index contributed by atoms with van der Waals surface area (Å²) in [4.78, 5) is 12.9. The van der Waals surface area contributed by atoms with Crippen LogP contribution in [0.1, 0.15) is 24.5 Å². The van der Waals surface area contributed by atoms with Gasteiger partial charge in [-0.25, -0.2) is 8.42 Å². The summed E-state index contributed by atoms with van der Waals surface area (Å²) in [6.07, 6.45) is 1.57. The van der Waals surface area contributed by atoms with Gasteiger partial charge in [-0.2, -0.15) is 4.31 Å². The molecule has 8 heteroatoms. The molecule has 5 nitrogen and oxygen atoms in total. The Morgan fingerprint density at radius 2 is 1.45 bits per heavy atom. The predicted molar refractivity (Wildman–Crippen MR) is 133 cm³/mol. The summed E-state index contributed by atoms with van der Waals surface area (Å²) in [7, 11) is -3.93. The number of nitrogens with one attached hydrogen (secondary N) is 1. The predicted octanol–water partition coefficient (Wildman–Crippen LogP) is 5.32. The topological polar surface area (TPSA) is 66.5 Å². The van der Waals surface area contributed by atoms with Gasteiger partial charge in [0.25, 0.3) is 0 Å². The lowest BCUT2D eigenvalue weighted by molar-refractivity contribution is -0.122. The van der Waals surface area contributed by atoms with E-state index in [1.54, 1.807) is 24.3 Å². The molecule has 3 aromatic rings. The molecule has 174 valence electrons. The summed E-state index contributed by atoms with van der Waals surface area (Å²) < 4.78 is 27.8. The minimum atomic E-state index is -3.93. The first-order valence-corrected chi connectivity index (χ1v) is 12.8. The third-order valence-corrected chi connectivity index (χ3v) is 7.47. The molecule has 0 heterocycles. The normalized spacial score (nSPS) is 12.5. The number of benzene rings is 3. The van der Waals surface area contributed by atoms with Crippen LogP contribution in [0.5, 0.6) is 0 Å². The van der Waals surface area contributed by atoms with Gasteiger partial charge in [-0.05, 0) is 67.3 Å². The van der Waals surface area contributed by atoms with Crippen LogP contribution in [0.4, 0.5) is 0 Å². The first kappa shape index (κ1) is 25.2. The summed E-state index contributed by atoms with van der Waals surface area (Å²) in [6.45, 7) is 1.65. The van der Waals surface area contributed by atoms with Gasteiger partial charge in [0.1, 0.15) is 0 Å². The second kappa shape index (κ2) is 11.7. The lowest BCUT2D eigenvalue weighted by atomic mass is 10.1. The van der Waals surface area contributed by atoms with Gasteiger partial charge in [0.05, 0.1) is 11.4 Å². The molecule has 3 rings (SSSR count). The quantitative estimate of drug-likeness (QED) is 0.406. The van der Waals surface area contributed by atoms with Crippen LogP contribution in [0, 0.1) is 0 Å². The van der Waals surface area contributed by atoms with Gasteiger partial charge >= 0.3 is 0 Å². The van der Waals surface area contributed by atoms with Crippen molar-refractivity contribution in [3.63, 3.8) is 0 Å². The van der Waals surface area contributed by atoms with Crippen LogP contribution >= 0.6 is 23.2 Å². The Morgan fingerprint density at radius 1 is 0.879 bits per heavy atom. The van der Waals surface area contributed by atoms with Gasteiger partial charge in [0.15, 0.2) is 0 Å². The van der Waals surface area contributed by atoms with Gasteiger partial charge in [0, 0.05) is 22.6 Å². The lowest BCUT2D eigenvalue weighted by Crippen LogP contribution is -2.43. The maximum Gasteiger partial charge on any atom is 0.243 e. The van der Waals surface area contributed by atoms with Gasteiger partial charge in [0.2, 0.25) is 15.9 Å². The zero-order valence-corrected chi connectivity index (χ0v) is 20.6. The van der Waals surface area contributed by atoms with E-state index in [1.165, 1.54) is 34.1 Å². The molecule has 0 saturated heterocycles. The van der Waals surface area contributed by atoms with E-state index in [4.69, 9.17) is 23.2 Å². The number of rotatable bonds is 10. The van der Waals surface area contributed by atoms with Crippen molar-refractivity contribution in [3.8, 4) is 0 Å². The first-order chi connectivity index (χ1) is 15.7. The number of carbonyl (C=O) groups is 1. The van der Waals surface area contributed by atoms with Crippen molar-refractivity contribution in [2.75, 3.05) is 6.54 Å². The molecule has 1 atom stereocenters. The molecule has 0 saturated carbocycles. The Bertz CT molecular complexity index is 1150. The summed E-state index contributed by atoms with van der Waals surface area (Å²) >= 11 is 11.9. The largest absolute Gasteiger partial charge is 0.352 e. The number of hydrogen-bond acceptors (Lipinski definition) is 3. The summed E-state index contributed by atoms with van der Waals surface area (Å²) in [5.74, 6) is -0.359. The standard InChI is InChI=1S/C25H26Cl2N2O3S/c1-19(7-8-20-5-3-2-4-6-20)28-25(30)18-29(17-21-9-11-22(26)12-10-21)33(31,32)24-15-13-23(27)14-16-24/h2-6,9-16,19H,7-8,17-18H2,1H3,(H,28,30)/t19-/m1/s1. The number of hydrogen-bond donors (Lipinski definition) is 1. The number of halogens is 2. The minimum absolute atomic E-state index is 0.0357. The molecular formula is C25H26Cl2N2O3S. The van der Waals surface area contributed by atoms with Crippen LogP contribution in [-0.2, 0) is 27.8 Å². The number of sulfonamides is 1. The van der Waals surface area contributed by atoms with Crippen molar-refractivity contribution in [2.45, 2.75) is 37.2 Å². The van der Waals surface area contributed by atoms with Crippen LogP contribution in [0.3, 0.4) is 0 Å². The Labute approximate surface area is 205 Å². The molecule has 0 aliphatic heterocycles. The smallest absolute Gasteiger partial charge is 0.243 e. The fraction of sp³-hybridized carbons (Fsp3) is 0.240. The van der Waals surface area contributed by atoms with E-state index in [-0.39, 0.29) is 29.9 Å². The van der Waals surface area contributed by atoms with E-state index in [2.05, 4.69) is 5.32 Å². The molecule has 33 heavy (non-hydrogen) atoms. The maximum absolute atomic E-state index is 13.3. The molecule has 0 bridgehead atoms. The van der Waals surface area contributed by atoms with Crippen molar-refractivity contribution < 1.29 is 13.2 Å². The summed E-state index contributed by atoms with van der Waals surface area (Å²) in [6, 6.07) is 22.7. The lowest BCUT2D eigenvalue weighted by Gasteiger charge is -2.23. The molecular weight excluding hydrogens is 479 g/mol. The third kappa shape index (κ3) is 7.57. The highest BCUT2D eigenvalue weighted by atomic mass is 35.5. The second-order valence-corrected chi connectivity index (χ2v) is 10.7. The van der Waals surface area contributed by atoms with Crippen molar-refractivity contribution in [2.24, 2.45) is 0 Å². The number of carbonyl (C=O) groups excluding carboxylic acids is 1. The highest BCUT2D eigenvalue weighted by Gasteiger charge is 2.27. The third-order valence-electron chi connectivity index (χ3n) is 5.16. The van der Waals surface area contributed by atoms with Gasteiger partial charge in [-0.15, -0.1) is 0 Å². The molecule has 0 fully saturated rings. The van der Waals surface area contributed by atoms with Crippen LogP contribution < -0.4 is 5.32 Å². The monoisotopic (exact) mass is 504 g/mol. The van der Waals surface area contributed by atoms with Crippen LogP contribution in [0.25, 0.3) is 0 Å². The average molecular weight is 505 g/mol. The summed E-state index contributed by atoms with van der Waals surface area (Å²) in [5.41, 5.74) is 1.91. The van der Waals surface area contributed by atoms with E-state index in [0.717, 1.165) is 18.4 Å². The molecule has 0 aliphatic rings. The second-order valence-electron chi connectivity index (χ2n) is 7.85. The Morgan fingerprint density at radius 3 is 2.06 bits per heavy atom. The SMILES string of the molecule is C[C@H](CCc1ccccc1)NC(=O)CN(Cc1ccc(Cl)cc1)S(=O)(=O)c1ccc(Cl)cc1. The molecule has 0 aliphatic carbocycles. The highest BCUT2D eigenvalue weighted by Crippen LogP contribution is 2.21. The first-order valence-electron chi connectivity index (χ1n) is 10.6. The van der Waals surface area contributed by atoms with E-state index < -0.39 is 10.0 Å². The van der Waals surface area contributed by atoms with Crippen molar-refractivity contribution in [1.82, 2.24) is 9.62 Å². The zero-order valence-electron chi connectivity index (χ0n) is 18.2.